The summed E-state index contributed by atoms with van der Waals surface area (Å²) in [5.41, 5.74) is 6.23. The Morgan fingerprint density at radius 2 is 2.26 bits per heavy atom. The third-order valence-corrected chi connectivity index (χ3v) is 5.28. The zero-order valence-corrected chi connectivity index (χ0v) is 13.9. The van der Waals surface area contributed by atoms with Crippen molar-refractivity contribution in [1.82, 2.24) is 10.9 Å². The summed E-state index contributed by atoms with van der Waals surface area (Å²) < 4.78 is 5.17. The van der Waals surface area contributed by atoms with Gasteiger partial charge >= 0.3 is 0 Å². The molecule has 0 spiro atoms. The highest BCUT2D eigenvalue weighted by Gasteiger charge is 2.20. The first kappa shape index (κ1) is 15.8. The molecule has 2 N–H and O–H groups in total. The molecular formula is C17H20N2O3S. The Hall–Kier alpha value is -2.08. The fourth-order valence-electron chi connectivity index (χ4n) is 2.76. The van der Waals surface area contributed by atoms with Crippen LogP contribution in [0.4, 0.5) is 0 Å². The van der Waals surface area contributed by atoms with E-state index in [4.69, 9.17) is 4.42 Å². The molecule has 2 amide bonds. The second-order valence-corrected chi connectivity index (χ2v) is 7.13. The van der Waals surface area contributed by atoms with Gasteiger partial charge in [0, 0.05) is 17.7 Å². The van der Waals surface area contributed by atoms with E-state index in [0.29, 0.717) is 17.2 Å². The molecule has 2 aromatic rings. The van der Waals surface area contributed by atoms with Crippen LogP contribution in [0.3, 0.4) is 0 Å². The molecule has 0 bridgehead atoms. The second-order valence-electron chi connectivity index (χ2n) is 5.99. The SMILES string of the molecule is CC1CCc2sc(C(=O)NNC(=O)CCc3ccco3)cc2C1. The van der Waals surface area contributed by atoms with E-state index in [0.717, 1.165) is 18.6 Å². The van der Waals surface area contributed by atoms with Crippen molar-refractivity contribution in [2.45, 2.75) is 39.0 Å². The number of fused-ring (bicyclic) bond motifs is 1. The van der Waals surface area contributed by atoms with Crippen molar-refractivity contribution in [3.63, 3.8) is 0 Å². The van der Waals surface area contributed by atoms with Crippen molar-refractivity contribution in [1.29, 1.82) is 0 Å². The van der Waals surface area contributed by atoms with E-state index in [2.05, 4.69) is 17.8 Å². The molecule has 0 saturated carbocycles. The van der Waals surface area contributed by atoms with Gasteiger partial charge in [-0.05, 0) is 48.9 Å². The van der Waals surface area contributed by atoms with Gasteiger partial charge in [0.1, 0.15) is 5.76 Å². The third-order valence-electron chi connectivity index (χ3n) is 4.05. The van der Waals surface area contributed by atoms with Crippen molar-refractivity contribution in [3.05, 3.63) is 45.5 Å². The van der Waals surface area contributed by atoms with Crippen LogP contribution in [0.25, 0.3) is 0 Å². The van der Waals surface area contributed by atoms with Crippen LogP contribution in [-0.4, -0.2) is 11.8 Å². The lowest BCUT2D eigenvalue weighted by molar-refractivity contribution is -0.121. The molecule has 1 unspecified atom stereocenters. The largest absolute Gasteiger partial charge is 0.469 e. The van der Waals surface area contributed by atoms with Crippen LogP contribution in [0.2, 0.25) is 0 Å². The molecule has 1 aliphatic carbocycles. The number of aryl methyl sites for hydroxylation is 2. The number of hydrogen-bond acceptors (Lipinski definition) is 4. The third kappa shape index (κ3) is 4.01. The highest BCUT2D eigenvalue weighted by molar-refractivity contribution is 7.14. The molecule has 0 aliphatic heterocycles. The number of furan rings is 1. The number of carbonyl (C=O) groups excluding carboxylic acids is 2. The molecular weight excluding hydrogens is 312 g/mol. The Balaban J connectivity index is 1.48. The van der Waals surface area contributed by atoms with Gasteiger partial charge in [0.15, 0.2) is 0 Å². The molecule has 23 heavy (non-hydrogen) atoms. The average Bonchev–Trinajstić information content (AvgIpc) is 3.19. The molecule has 0 fully saturated rings. The van der Waals surface area contributed by atoms with Gasteiger partial charge in [0.05, 0.1) is 11.1 Å². The maximum absolute atomic E-state index is 12.1. The molecule has 0 saturated heterocycles. The average molecular weight is 332 g/mol. The van der Waals surface area contributed by atoms with E-state index in [1.54, 1.807) is 12.3 Å². The summed E-state index contributed by atoms with van der Waals surface area (Å²) in [5.74, 6) is 0.953. The number of rotatable bonds is 4. The molecule has 2 aromatic heterocycles. The smallest absolute Gasteiger partial charge is 0.279 e. The fraction of sp³-hybridized carbons (Fsp3) is 0.412. The number of amides is 2. The number of hydrazine groups is 1. The molecule has 122 valence electrons. The van der Waals surface area contributed by atoms with E-state index in [1.165, 1.54) is 28.2 Å². The molecule has 1 aliphatic rings. The van der Waals surface area contributed by atoms with Crippen LogP contribution in [0, 0.1) is 5.92 Å². The van der Waals surface area contributed by atoms with Gasteiger partial charge in [-0.3, -0.25) is 20.4 Å². The fourth-order valence-corrected chi connectivity index (χ4v) is 3.86. The van der Waals surface area contributed by atoms with Crippen molar-refractivity contribution < 1.29 is 14.0 Å². The minimum absolute atomic E-state index is 0.232. The normalized spacial score (nSPS) is 16.7. The number of thiophene rings is 1. The first-order valence-electron chi connectivity index (χ1n) is 7.85. The lowest BCUT2D eigenvalue weighted by atomic mass is 9.90. The number of carbonyl (C=O) groups is 2. The van der Waals surface area contributed by atoms with Gasteiger partial charge in [-0.1, -0.05) is 6.92 Å². The number of nitrogens with one attached hydrogen (secondary N) is 2. The second kappa shape index (κ2) is 7.00. The maximum Gasteiger partial charge on any atom is 0.279 e. The first-order chi connectivity index (χ1) is 11.1. The zero-order valence-electron chi connectivity index (χ0n) is 13.1. The maximum atomic E-state index is 12.1. The standard InChI is InChI=1S/C17H20N2O3S/c1-11-4-6-14-12(9-11)10-15(23-14)17(21)19-18-16(20)7-5-13-3-2-8-22-13/h2-3,8,10-11H,4-7,9H2,1H3,(H,18,20)(H,19,21). The van der Waals surface area contributed by atoms with Gasteiger partial charge in [0.25, 0.3) is 5.91 Å². The van der Waals surface area contributed by atoms with Crippen molar-refractivity contribution in [2.24, 2.45) is 5.92 Å². The summed E-state index contributed by atoms with van der Waals surface area (Å²) >= 11 is 1.53. The van der Waals surface area contributed by atoms with E-state index < -0.39 is 0 Å². The minimum atomic E-state index is -0.247. The van der Waals surface area contributed by atoms with E-state index in [9.17, 15) is 9.59 Å². The van der Waals surface area contributed by atoms with Crippen molar-refractivity contribution >= 4 is 23.2 Å². The minimum Gasteiger partial charge on any atom is -0.469 e. The van der Waals surface area contributed by atoms with Crippen LogP contribution in [0.5, 0.6) is 0 Å². The topological polar surface area (TPSA) is 71.3 Å². The molecule has 2 heterocycles. The summed E-state index contributed by atoms with van der Waals surface area (Å²) in [4.78, 5) is 25.9. The van der Waals surface area contributed by atoms with Crippen LogP contribution >= 0.6 is 11.3 Å². The Kier molecular flexibility index (Phi) is 4.81. The summed E-state index contributed by atoms with van der Waals surface area (Å²) in [5, 5.41) is 0. The Morgan fingerprint density at radius 1 is 1.39 bits per heavy atom. The number of hydrogen-bond donors (Lipinski definition) is 2. The van der Waals surface area contributed by atoms with Gasteiger partial charge in [-0.2, -0.15) is 0 Å². The van der Waals surface area contributed by atoms with Gasteiger partial charge in [-0.25, -0.2) is 0 Å². The summed E-state index contributed by atoms with van der Waals surface area (Å²) in [6.45, 7) is 2.24. The molecule has 5 nitrogen and oxygen atoms in total. The van der Waals surface area contributed by atoms with Crippen molar-refractivity contribution in [3.8, 4) is 0 Å². The molecule has 6 heteroatoms. The van der Waals surface area contributed by atoms with E-state index in [1.807, 2.05) is 12.1 Å². The van der Waals surface area contributed by atoms with Gasteiger partial charge in [0.2, 0.25) is 5.91 Å². The highest BCUT2D eigenvalue weighted by Crippen LogP contribution is 2.32. The summed E-state index contributed by atoms with van der Waals surface area (Å²) in [7, 11) is 0. The molecule has 0 radical (unpaired) electrons. The van der Waals surface area contributed by atoms with E-state index >= 15 is 0 Å². The predicted molar refractivity (Wildman–Crippen MR) is 88.1 cm³/mol. The van der Waals surface area contributed by atoms with E-state index in [-0.39, 0.29) is 18.2 Å². The quantitative estimate of drug-likeness (QED) is 0.846. The van der Waals surface area contributed by atoms with Crippen molar-refractivity contribution in [2.75, 3.05) is 0 Å². The molecule has 1 atom stereocenters. The Morgan fingerprint density at radius 3 is 3.04 bits per heavy atom. The molecule has 0 aromatic carbocycles. The van der Waals surface area contributed by atoms with Crippen LogP contribution in [0.15, 0.2) is 28.9 Å². The highest BCUT2D eigenvalue weighted by atomic mass is 32.1. The van der Waals surface area contributed by atoms with Gasteiger partial charge in [-0.15, -0.1) is 11.3 Å². The predicted octanol–water partition coefficient (Wildman–Crippen LogP) is 2.86. The summed E-state index contributed by atoms with van der Waals surface area (Å²) in [6.07, 6.45) is 5.62. The lowest BCUT2D eigenvalue weighted by Crippen LogP contribution is -2.41. The zero-order chi connectivity index (χ0) is 16.2. The van der Waals surface area contributed by atoms with Crippen LogP contribution < -0.4 is 10.9 Å². The van der Waals surface area contributed by atoms with Gasteiger partial charge < -0.3 is 4.42 Å². The lowest BCUT2D eigenvalue weighted by Gasteiger charge is -2.16. The van der Waals surface area contributed by atoms with Crippen LogP contribution in [0.1, 0.15) is 45.6 Å². The Labute approximate surface area is 139 Å². The first-order valence-corrected chi connectivity index (χ1v) is 8.66. The summed E-state index contributed by atoms with van der Waals surface area (Å²) in [6, 6.07) is 5.57. The van der Waals surface area contributed by atoms with Crippen LogP contribution in [-0.2, 0) is 24.1 Å². The Bertz CT molecular complexity index is 691. The molecule has 3 rings (SSSR count). The monoisotopic (exact) mass is 332 g/mol.